The van der Waals surface area contributed by atoms with Crippen LogP contribution < -0.4 is 0 Å². The van der Waals surface area contributed by atoms with Gasteiger partial charge in [0.2, 0.25) is 0 Å². The Hall–Kier alpha value is -1.90. The summed E-state index contributed by atoms with van der Waals surface area (Å²) >= 11 is 0. The SMILES string of the molecule is [C-]#[N+]CCn1c([N+](=O)[O-])cnc1C. The summed E-state index contributed by atoms with van der Waals surface area (Å²) in [6, 6.07) is 0. The van der Waals surface area contributed by atoms with Gasteiger partial charge >= 0.3 is 5.82 Å². The molecule has 0 aromatic carbocycles. The highest BCUT2D eigenvalue weighted by atomic mass is 16.6. The maximum absolute atomic E-state index is 10.5. The molecule has 6 nitrogen and oxygen atoms in total. The molecule has 1 rings (SSSR count). The average molecular weight is 180 g/mol. The van der Waals surface area contributed by atoms with Gasteiger partial charge in [-0.3, -0.25) is 0 Å². The van der Waals surface area contributed by atoms with E-state index in [1.165, 1.54) is 10.8 Å². The number of imidazole rings is 1. The Kier molecular flexibility index (Phi) is 2.59. The van der Waals surface area contributed by atoms with Gasteiger partial charge in [0.15, 0.2) is 12.4 Å². The lowest BCUT2D eigenvalue weighted by molar-refractivity contribution is -0.392. The first-order valence-corrected chi connectivity index (χ1v) is 3.66. The summed E-state index contributed by atoms with van der Waals surface area (Å²) in [5.74, 6) is 0.511. The number of nitro groups is 1. The minimum atomic E-state index is -0.496. The molecule has 0 bridgehead atoms. The summed E-state index contributed by atoms with van der Waals surface area (Å²) in [6.45, 7) is 8.81. The average Bonchev–Trinajstić information content (AvgIpc) is 2.43. The molecule has 0 N–H and O–H groups in total. The lowest BCUT2D eigenvalue weighted by Crippen LogP contribution is -2.06. The minimum absolute atomic E-state index is 0.0545. The van der Waals surface area contributed by atoms with Crippen molar-refractivity contribution in [3.05, 3.63) is 33.6 Å². The van der Waals surface area contributed by atoms with Crippen LogP contribution in [0.2, 0.25) is 0 Å². The maximum atomic E-state index is 10.5. The Bertz CT molecular complexity index is 363. The highest BCUT2D eigenvalue weighted by Gasteiger charge is 2.17. The van der Waals surface area contributed by atoms with Crippen molar-refractivity contribution in [3.63, 3.8) is 0 Å². The quantitative estimate of drug-likeness (QED) is 0.396. The van der Waals surface area contributed by atoms with Crippen LogP contribution >= 0.6 is 0 Å². The van der Waals surface area contributed by atoms with Crippen LogP contribution in [0.15, 0.2) is 6.20 Å². The van der Waals surface area contributed by atoms with E-state index in [0.717, 1.165) is 0 Å². The zero-order chi connectivity index (χ0) is 9.84. The second-order valence-corrected chi connectivity index (χ2v) is 2.45. The van der Waals surface area contributed by atoms with Crippen LogP contribution in [0.4, 0.5) is 5.82 Å². The number of nitrogens with zero attached hydrogens (tertiary/aromatic N) is 4. The van der Waals surface area contributed by atoms with Crippen molar-refractivity contribution in [2.45, 2.75) is 13.5 Å². The van der Waals surface area contributed by atoms with Gasteiger partial charge in [-0.2, -0.15) is 0 Å². The van der Waals surface area contributed by atoms with Crippen molar-refractivity contribution in [1.82, 2.24) is 9.55 Å². The third-order valence-corrected chi connectivity index (χ3v) is 1.66. The van der Waals surface area contributed by atoms with E-state index < -0.39 is 4.92 Å². The molecule has 1 aromatic heterocycles. The molecule has 0 fully saturated rings. The molecule has 0 atom stereocenters. The highest BCUT2D eigenvalue weighted by molar-refractivity contribution is 5.18. The first-order chi connectivity index (χ1) is 6.16. The Labute approximate surface area is 74.8 Å². The smallest absolute Gasteiger partial charge is 0.343 e. The van der Waals surface area contributed by atoms with Crippen molar-refractivity contribution in [2.24, 2.45) is 0 Å². The second-order valence-electron chi connectivity index (χ2n) is 2.45. The van der Waals surface area contributed by atoms with Gasteiger partial charge in [-0.15, -0.1) is 0 Å². The van der Waals surface area contributed by atoms with Crippen LogP contribution in [0.3, 0.4) is 0 Å². The lowest BCUT2D eigenvalue weighted by atomic mass is 10.5. The topological polar surface area (TPSA) is 65.3 Å². The molecule has 0 aliphatic rings. The first-order valence-electron chi connectivity index (χ1n) is 3.66. The Balaban J connectivity index is 2.96. The zero-order valence-electron chi connectivity index (χ0n) is 7.10. The molecule has 68 valence electrons. The van der Waals surface area contributed by atoms with Gasteiger partial charge in [0, 0.05) is 6.92 Å². The summed E-state index contributed by atoms with van der Waals surface area (Å²) in [4.78, 5) is 16.9. The molecule has 0 aliphatic carbocycles. The third kappa shape index (κ3) is 1.82. The standard InChI is InChI=1S/C7H8N4O2/c1-6-9-5-7(11(12)13)10(6)4-3-8-2/h5H,3-4H2,1H3. The highest BCUT2D eigenvalue weighted by Crippen LogP contribution is 2.12. The van der Waals surface area contributed by atoms with Crippen LogP contribution in [0.1, 0.15) is 5.82 Å². The van der Waals surface area contributed by atoms with Gasteiger partial charge in [0.05, 0.1) is 0 Å². The molecule has 1 aromatic rings. The van der Waals surface area contributed by atoms with Gasteiger partial charge in [0.1, 0.15) is 6.20 Å². The molecule has 6 heteroatoms. The van der Waals surface area contributed by atoms with Crippen molar-refractivity contribution in [3.8, 4) is 0 Å². The van der Waals surface area contributed by atoms with Gasteiger partial charge in [-0.25, -0.2) is 16.1 Å². The predicted molar refractivity (Wildman–Crippen MR) is 45.1 cm³/mol. The molecule has 0 aliphatic heterocycles. The number of hydrogen-bond donors (Lipinski definition) is 0. The Morgan fingerprint density at radius 1 is 1.85 bits per heavy atom. The monoisotopic (exact) mass is 180 g/mol. The molecule has 0 saturated heterocycles. The van der Waals surface area contributed by atoms with Crippen molar-refractivity contribution < 1.29 is 4.92 Å². The molecular formula is C7H8N4O2. The lowest BCUT2D eigenvalue weighted by Gasteiger charge is -1.97. The number of hydrogen-bond acceptors (Lipinski definition) is 3. The fourth-order valence-electron chi connectivity index (χ4n) is 1.03. The van der Waals surface area contributed by atoms with Crippen LogP contribution in [0.5, 0.6) is 0 Å². The largest absolute Gasteiger partial charge is 0.358 e. The Morgan fingerprint density at radius 3 is 3.08 bits per heavy atom. The third-order valence-electron chi connectivity index (χ3n) is 1.66. The van der Waals surface area contributed by atoms with Crippen molar-refractivity contribution in [1.29, 1.82) is 0 Å². The molecule has 0 radical (unpaired) electrons. The maximum Gasteiger partial charge on any atom is 0.343 e. The zero-order valence-corrected chi connectivity index (χ0v) is 7.10. The second kappa shape index (κ2) is 3.67. The summed E-state index contributed by atoms with van der Waals surface area (Å²) in [5, 5.41) is 10.5. The number of aryl methyl sites for hydroxylation is 1. The molecule has 0 unspecified atom stereocenters. The van der Waals surface area contributed by atoms with Crippen LogP contribution in [0.25, 0.3) is 4.85 Å². The van der Waals surface area contributed by atoms with Gasteiger partial charge in [0.25, 0.3) is 6.54 Å². The van der Waals surface area contributed by atoms with Crippen LogP contribution in [-0.4, -0.2) is 21.0 Å². The van der Waals surface area contributed by atoms with E-state index in [9.17, 15) is 10.1 Å². The normalized spacial score (nSPS) is 9.54. The first kappa shape index (κ1) is 9.19. The summed E-state index contributed by atoms with van der Waals surface area (Å²) in [5.41, 5.74) is 0. The minimum Gasteiger partial charge on any atom is -0.358 e. The van der Waals surface area contributed by atoms with Gasteiger partial charge in [-0.1, -0.05) is 0 Å². The molecular weight excluding hydrogens is 172 g/mol. The van der Waals surface area contributed by atoms with E-state index in [1.807, 2.05) is 0 Å². The predicted octanol–water partition coefficient (Wildman–Crippen LogP) is 1.02. The molecule has 1 heterocycles. The summed E-state index contributed by atoms with van der Waals surface area (Å²) in [7, 11) is 0. The van der Waals surface area contributed by atoms with Crippen LogP contribution in [-0.2, 0) is 6.54 Å². The van der Waals surface area contributed by atoms with Crippen LogP contribution in [0, 0.1) is 23.6 Å². The Morgan fingerprint density at radius 2 is 2.54 bits per heavy atom. The fourth-order valence-corrected chi connectivity index (χ4v) is 1.03. The van der Waals surface area contributed by atoms with E-state index in [0.29, 0.717) is 12.4 Å². The number of rotatable bonds is 3. The molecule has 0 spiro atoms. The van der Waals surface area contributed by atoms with Crippen molar-refractivity contribution in [2.75, 3.05) is 6.54 Å². The van der Waals surface area contributed by atoms with E-state index in [-0.39, 0.29) is 12.4 Å². The molecule has 0 saturated carbocycles. The van der Waals surface area contributed by atoms with Gasteiger partial charge < -0.3 is 15.0 Å². The van der Waals surface area contributed by atoms with E-state index in [4.69, 9.17) is 6.57 Å². The van der Waals surface area contributed by atoms with E-state index in [1.54, 1.807) is 6.92 Å². The van der Waals surface area contributed by atoms with Crippen molar-refractivity contribution >= 4 is 5.82 Å². The molecule has 13 heavy (non-hydrogen) atoms. The number of aromatic nitrogens is 2. The van der Waals surface area contributed by atoms with Gasteiger partial charge in [-0.05, 0) is 4.92 Å². The summed E-state index contributed by atoms with van der Waals surface area (Å²) in [6.07, 6.45) is 1.21. The fraction of sp³-hybridized carbons (Fsp3) is 0.429. The molecule has 0 amide bonds. The summed E-state index contributed by atoms with van der Waals surface area (Å²) < 4.78 is 1.43. The van der Waals surface area contributed by atoms with E-state index >= 15 is 0 Å². The van der Waals surface area contributed by atoms with E-state index in [2.05, 4.69) is 9.83 Å².